The van der Waals surface area contributed by atoms with Crippen LogP contribution in [0.4, 0.5) is 0 Å². The molecule has 1 amide bonds. The molecule has 1 unspecified atom stereocenters. The molecule has 0 aromatic heterocycles. The average molecular weight is 206 g/mol. The first-order valence-corrected chi connectivity index (χ1v) is 5.74. The number of hydrogen-bond donors (Lipinski definition) is 2. The fourth-order valence-electron chi connectivity index (χ4n) is 0.821. The Morgan fingerprint density at radius 3 is 2.38 bits per heavy atom. The van der Waals surface area contributed by atoms with Crippen LogP contribution in [0.15, 0.2) is 0 Å². The zero-order valence-corrected chi connectivity index (χ0v) is 8.52. The Bertz CT molecular complexity index is 295. The summed E-state index contributed by atoms with van der Waals surface area (Å²) in [7, 11) is -1.78. The molecule has 1 rings (SSSR count). The van der Waals surface area contributed by atoms with E-state index in [0.717, 1.165) is 0 Å². The molecule has 0 aromatic rings. The molecule has 0 aromatic carbocycles. The van der Waals surface area contributed by atoms with Gasteiger partial charge in [-0.3, -0.25) is 9.52 Å². The summed E-state index contributed by atoms with van der Waals surface area (Å²) in [5, 5.41) is 2.32. The van der Waals surface area contributed by atoms with Crippen LogP contribution < -0.4 is 10.0 Å². The first kappa shape index (κ1) is 10.5. The summed E-state index contributed by atoms with van der Waals surface area (Å²) < 4.78 is 24.6. The number of carbonyl (C=O) groups is 1. The van der Waals surface area contributed by atoms with E-state index in [9.17, 15) is 13.2 Å². The molecule has 1 aliphatic rings. The predicted octanol–water partition coefficient (Wildman–Crippen LogP) is -0.797. The van der Waals surface area contributed by atoms with Gasteiger partial charge in [-0.15, -0.1) is 0 Å². The van der Waals surface area contributed by atoms with Gasteiger partial charge in [-0.1, -0.05) is 0 Å². The topological polar surface area (TPSA) is 75.3 Å². The summed E-state index contributed by atoms with van der Waals surface area (Å²) in [6.07, 6.45) is 1.33. The molecule has 1 aliphatic carbocycles. The first-order valence-electron chi connectivity index (χ1n) is 4.20. The standard InChI is InChI=1S/C7H14N2O3S/c1-5(8-2)7(10)9-13(11,12)6-3-4-6/h5-6,8H,3-4H2,1-2H3,(H,9,10). The van der Waals surface area contributed by atoms with E-state index in [4.69, 9.17) is 0 Å². The SMILES string of the molecule is CNC(C)C(=O)NS(=O)(=O)C1CC1. The summed E-state index contributed by atoms with van der Waals surface area (Å²) in [6.45, 7) is 1.61. The number of likely N-dealkylation sites (N-methyl/N-ethyl adjacent to an activating group) is 1. The molecule has 76 valence electrons. The van der Waals surface area contributed by atoms with Gasteiger partial charge in [-0.25, -0.2) is 8.42 Å². The number of sulfonamides is 1. The fraction of sp³-hybridized carbons (Fsp3) is 0.857. The number of amides is 1. The zero-order chi connectivity index (χ0) is 10.1. The van der Waals surface area contributed by atoms with Gasteiger partial charge in [0.25, 0.3) is 0 Å². The van der Waals surface area contributed by atoms with Crippen LogP contribution in [0.5, 0.6) is 0 Å². The van der Waals surface area contributed by atoms with Crippen molar-refractivity contribution in [3.05, 3.63) is 0 Å². The van der Waals surface area contributed by atoms with Crippen molar-refractivity contribution in [1.29, 1.82) is 0 Å². The van der Waals surface area contributed by atoms with Crippen LogP contribution >= 0.6 is 0 Å². The van der Waals surface area contributed by atoms with Gasteiger partial charge in [0, 0.05) is 0 Å². The average Bonchev–Trinajstić information content (AvgIpc) is 2.84. The lowest BCUT2D eigenvalue weighted by atomic mass is 10.3. The lowest BCUT2D eigenvalue weighted by Crippen LogP contribution is -2.44. The van der Waals surface area contributed by atoms with Crippen LogP contribution in [0.1, 0.15) is 19.8 Å². The highest BCUT2D eigenvalue weighted by Crippen LogP contribution is 2.27. The number of hydrogen-bond acceptors (Lipinski definition) is 4. The van der Waals surface area contributed by atoms with Gasteiger partial charge in [0.05, 0.1) is 11.3 Å². The molecule has 13 heavy (non-hydrogen) atoms. The van der Waals surface area contributed by atoms with Crippen molar-refractivity contribution < 1.29 is 13.2 Å². The molecule has 0 radical (unpaired) electrons. The summed E-state index contributed by atoms with van der Waals surface area (Å²) in [4.78, 5) is 11.2. The molecule has 6 heteroatoms. The number of carbonyl (C=O) groups excluding carboxylic acids is 1. The van der Waals surface area contributed by atoms with Crippen molar-refractivity contribution in [2.24, 2.45) is 0 Å². The number of nitrogens with one attached hydrogen (secondary N) is 2. The molecule has 1 saturated carbocycles. The normalized spacial score (nSPS) is 19.5. The highest BCUT2D eigenvalue weighted by Gasteiger charge is 2.37. The molecule has 0 spiro atoms. The van der Waals surface area contributed by atoms with Crippen molar-refractivity contribution in [3.8, 4) is 0 Å². The summed E-state index contributed by atoms with van der Waals surface area (Å²) in [6, 6.07) is -0.478. The Balaban J connectivity index is 2.52. The third-order valence-corrected chi connectivity index (χ3v) is 3.87. The Kier molecular flexibility index (Phi) is 2.92. The van der Waals surface area contributed by atoms with Crippen molar-refractivity contribution in [1.82, 2.24) is 10.0 Å². The molecule has 1 fully saturated rings. The molecular formula is C7H14N2O3S. The zero-order valence-electron chi connectivity index (χ0n) is 7.70. The van der Waals surface area contributed by atoms with E-state index >= 15 is 0 Å². The van der Waals surface area contributed by atoms with Crippen LogP contribution in [0, 0.1) is 0 Å². The van der Waals surface area contributed by atoms with Gasteiger partial charge >= 0.3 is 0 Å². The molecule has 0 aliphatic heterocycles. The molecular weight excluding hydrogens is 192 g/mol. The highest BCUT2D eigenvalue weighted by molar-refractivity contribution is 7.90. The quantitative estimate of drug-likeness (QED) is 0.631. The Morgan fingerprint density at radius 1 is 1.46 bits per heavy atom. The van der Waals surface area contributed by atoms with Gasteiger partial charge in [0.1, 0.15) is 0 Å². The second-order valence-corrected chi connectivity index (χ2v) is 5.18. The van der Waals surface area contributed by atoms with Gasteiger partial charge in [-0.2, -0.15) is 0 Å². The maximum atomic E-state index is 11.3. The van der Waals surface area contributed by atoms with Crippen LogP contribution in [-0.4, -0.2) is 32.7 Å². The van der Waals surface area contributed by atoms with Gasteiger partial charge in [-0.05, 0) is 26.8 Å². The third-order valence-electron chi connectivity index (χ3n) is 2.03. The van der Waals surface area contributed by atoms with Crippen molar-refractivity contribution >= 4 is 15.9 Å². The van der Waals surface area contributed by atoms with Gasteiger partial charge < -0.3 is 5.32 Å². The van der Waals surface area contributed by atoms with Gasteiger partial charge in [0.15, 0.2) is 0 Å². The maximum absolute atomic E-state index is 11.3. The molecule has 0 bridgehead atoms. The van der Waals surface area contributed by atoms with Crippen molar-refractivity contribution in [2.45, 2.75) is 31.1 Å². The number of rotatable bonds is 4. The second kappa shape index (κ2) is 3.63. The monoisotopic (exact) mass is 206 g/mol. The lowest BCUT2D eigenvalue weighted by Gasteiger charge is -2.10. The maximum Gasteiger partial charge on any atom is 0.250 e. The fourth-order valence-corrected chi connectivity index (χ4v) is 2.20. The molecule has 2 N–H and O–H groups in total. The van der Waals surface area contributed by atoms with Crippen LogP contribution in [0.25, 0.3) is 0 Å². The van der Waals surface area contributed by atoms with E-state index in [1.54, 1.807) is 14.0 Å². The Labute approximate surface area is 77.9 Å². The van der Waals surface area contributed by atoms with Crippen LogP contribution in [-0.2, 0) is 14.8 Å². The largest absolute Gasteiger partial charge is 0.309 e. The highest BCUT2D eigenvalue weighted by atomic mass is 32.2. The van der Waals surface area contributed by atoms with Crippen LogP contribution in [0.3, 0.4) is 0 Å². The van der Waals surface area contributed by atoms with E-state index in [1.807, 2.05) is 4.72 Å². The smallest absolute Gasteiger partial charge is 0.250 e. The minimum Gasteiger partial charge on any atom is -0.309 e. The van der Waals surface area contributed by atoms with E-state index in [0.29, 0.717) is 12.8 Å². The van der Waals surface area contributed by atoms with Crippen molar-refractivity contribution in [3.63, 3.8) is 0 Å². The minimum atomic E-state index is -3.38. The van der Waals surface area contributed by atoms with E-state index in [-0.39, 0.29) is 5.25 Å². The van der Waals surface area contributed by atoms with Crippen LogP contribution in [0.2, 0.25) is 0 Å². The van der Waals surface area contributed by atoms with E-state index in [1.165, 1.54) is 0 Å². The molecule has 0 saturated heterocycles. The molecule has 0 heterocycles. The summed E-state index contributed by atoms with van der Waals surface area (Å²) >= 11 is 0. The first-order chi connectivity index (χ1) is 5.97. The Hall–Kier alpha value is -0.620. The third kappa shape index (κ3) is 2.67. The van der Waals surface area contributed by atoms with Gasteiger partial charge in [0.2, 0.25) is 15.9 Å². The minimum absolute atomic E-state index is 0.347. The second-order valence-electron chi connectivity index (χ2n) is 3.22. The summed E-state index contributed by atoms with van der Waals surface area (Å²) in [5.74, 6) is -0.491. The lowest BCUT2D eigenvalue weighted by molar-refractivity contribution is -0.120. The van der Waals surface area contributed by atoms with Crippen molar-refractivity contribution in [2.75, 3.05) is 7.05 Å². The predicted molar refractivity (Wildman–Crippen MR) is 48.6 cm³/mol. The van der Waals surface area contributed by atoms with E-state index < -0.39 is 22.0 Å². The summed E-state index contributed by atoms with van der Waals surface area (Å²) in [5.41, 5.74) is 0. The molecule has 5 nitrogen and oxygen atoms in total. The van der Waals surface area contributed by atoms with E-state index in [2.05, 4.69) is 5.32 Å². The molecule has 1 atom stereocenters. The Morgan fingerprint density at radius 2 is 2.00 bits per heavy atom.